The molecular weight excluding hydrogens is 1090 g/mol. The van der Waals surface area contributed by atoms with Crippen molar-refractivity contribution in [1.82, 2.24) is 24.1 Å². The molecule has 8 saturated heterocycles. The monoisotopic (exact) mass is 1180 g/mol. The summed E-state index contributed by atoms with van der Waals surface area (Å²) in [4.78, 5) is 31.8. The minimum Gasteiger partial charge on any atom is -0.388 e. The number of sulfone groups is 1. The molecule has 8 heterocycles. The van der Waals surface area contributed by atoms with Gasteiger partial charge in [0.1, 0.15) is 15.6 Å². The Labute approximate surface area is 469 Å². The lowest BCUT2D eigenvalue weighted by molar-refractivity contribution is -0.295. The Hall–Kier alpha value is -1.89. The highest BCUT2D eigenvalue weighted by atomic mass is 32.2. The SMILES string of the molecule is CC(=O)N1CCC(OC2(C3CCOCC3)CC(OC3(C4CCOCC4)CC(OC4CC(C(O)(CNS(C)(=O)=O)C5CCOC(OCCS(C)(=O)=O)C5)CCO4)CCN3S(C)(=O)=O)CCN2C(=O)NC(C)C)CC1C1CCOCC1. The number of rotatable bonds is 20. The van der Waals surface area contributed by atoms with E-state index in [-0.39, 0.29) is 119 Å². The number of aliphatic hydroxyl groups is 1. The third-order valence-corrected chi connectivity index (χ3v) is 21.1. The van der Waals surface area contributed by atoms with Crippen LogP contribution in [0, 0.1) is 29.6 Å². The predicted octanol–water partition coefficient (Wildman–Crippen LogP) is 2.94. The Morgan fingerprint density at radius 3 is 1.80 bits per heavy atom. The number of piperidine rings is 3. The van der Waals surface area contributed by atoms with Gasteiger partial charge in [0.15, 0.2) is 18.3 Å². The maximum Gasteiger partial charge on any atom is 0.319 e. The van der Waals surface area contributed by atoms with E-state index in [9.17, 15) is 39.9 Å². The average molecular weight is 1180 g/mol. The van der Waals surface area contributed by atoms with Gasteiger partial charge in [0.2, 0.25) is 26.0 Å². The predicted molar refractivity (Wildman–Crippen MR) is 290 cm³/mol. The lowest BCUT2D eigenvalue weighted by Gasteiger charge is -2.58. The quantitative estimate of drug-likeness (QED) is 0.158. The maximum absolute atomic E-state index is 14.7. The molecule has 11 unspecified atom stereocenters. The smallest absolute Gasteiger partial charge is 0.319 e. The lowest BCUT2D eigenvalue weighted by Crippen LogP contribution is -2.69. The van der Waals surface area contributed by atoms with Gasteiger partial charge in [0, 0.05) is 129 Å². The minimum atomic E-state index is -3.93. The number of ether oxygens (including phenoxy) is 9. The molecule has 0 saturated carbocycles. The summed E-state index contributed by atoms with van der Waals surface area (Å²) in [5, 5.41) is 16.0. The van der Waals surface area contributed by atoms with Crippen molar-refractivity contribution in [3.63, 3.8) is 0 Å². The molecule has 0 bridgehead atoms. The number of sulfonamides is 2. The molecule has 11 atom stereocenters. The van der Waals surface area contributed by atoms with Crippen LogP contribution in [0.15, 0.2) is 0 Å². The maximum atomic E-state index is 14.7. The molecule has 0 radical (unpaired) electrons. The van der Waals surface area contributed by atoms with Crippen molar-refractivity contribution in [2.45, 2.75) is 184 Å². The number of nitrogens with one attached hydrogen (secondary N) is 2. The van der Waals surface area contributed by atoms with E-state index in [0.717, 1.165) is 25.4 Å². The molecule has 0 aromatic heterocycles. The van der Waals surface area contributed by atoms with Crippen LogP contribution in [-0.4, -0.2) is 227 Å². The van der Waals surface area contributed by atoms with E-state index >= 15 is 0 Å². The molecule has 0 aromatic carbocycles. The first-order valence-electron chi connectivity index (χ1n) is 29.1. The third-order valence-electron chi connectivity index (χ3n) is 18.2. The van der Waals surface area contributed by atoms with Gasteiger partial charge in [0.25, 0.3) is 0 Å². The second-order valence-corrected chi connectivity index (χ2v) is 30.2. The fraction of sp³-hybridized carbons (Fsp3) is 0.962. The van der Waals surface area contributed by atoms with Crippen LogP contribution in [0.1, 0.15) is 124 Å². The summed E-state index contributed by atoms with van der Waals surface area (Å²) >= 11 is 0. The molecule has 8 aliphatic heterocycles. The highest BCUT2D eigenvalue weighted by Gasteiger charge is 2.59. The van der Waals surface area contributed by atoms with Gasteiger partial charge < -0.3 is 58.0 Å². The molecule has 23 nitrogen and oxygen atoms in total. The summed E-state index contributed by atoms with van der Waals surface area (Å²) in [5.41, 5.74) is -4.22. The van der Waals surface area contributed by atoms with Crippen LogP contribution in [0.25, 0.3) is 0 Å². The Morgan fingerprint density at radius 1 is 0.671 bits per heavy atom. The van der Waals surface area contributed by atoms with Crippen LogP contribution < -0.4 is 10.0 Å². The zero-order valence-electron chi connectivity index (χ0n) is 47.6. The van der Waals surface area contributed by atoms with E-state index in [1.807, 2.05) is 23.6 Å². The molecule has 0 spiro atoms. The van der Waals surface area contributed by atoms with Crippen molar-refractivity contribution in [1.29, 1.82) is 0 Å². The van der Waals surface area contributed by atoms with Crippen LogP contribution >= 0.6 is 0 Å². The highest BCUT2D eigenvalue weighted by molar-refractivity contribution is 7.90. The molecule has 3 N–H and O–H groups in total. The normalized spacial score (nSPS) is 34.8. The summed E-state index contributed by atoms with van der Waals surface area (Å²) < 4.78 is 140. The number of hydrogen-bond donors (Lipinski definition) is 3. The number of hydrogen-bond acceptors (Lipinski definition) is 18. The van der Waals surface area contributed by atoms with E-state index in [2.05, 4.69) is 10.0 Å². The highest BCUT2D eigenvalue weighted by Crippen LogP contribution is 2.50. The third kappa shape index (κ3) is 16.1. The zero-order chi connectivity index (χ0) is 56.8. The summed E-state index contributed by atoms with van der Waals surface area (Å²) in [6, 6.07) is -0.472. The molecule has 79 heavy (non-hydrogen) atoms. The Bertz CT molecular complexity index is 2360. The van der Waals surface area contributed by atoms with E-state index in [4.69, 9.17) is 42.6 Å². The molecule has 8 rings (SSSR count). The second-order valence-electron chi connectivity index (χ2n) is 24.2. The summed E-state index contributed by atoms with van der Waals surface area (Å²) in [6.45, 7) is 9.40. The second kappa shape index (κ2) is 27.0. The van der Waals surface area contributed by atoms with E-state index in [1.54, 1.807) is 6.92 Å². The molecule has 456 valence electrons. The molecule has 3 amide bonds. The molecule has 0 aromatic rings. The molecule has 8 fully saturated rings. The van der Waals surface area contributed by atoms with Gasteiger partial charge in [-0.3, -0.25) is 9.69 Å². The van der Waals surface area contributed by atoms with Crippen LogP contribution in [0.4, 0.5) is 4.79 Å². The molecule has 0 aliphatic carbocycles. The molecule has 8 aliphatic rings. The van der Waals surface area contributed by atoms with Crippen LogP contribution in [0.2, 0.25) is 0 Å². The van der Waals surface area contributed by atoms with Crippen molar-refractivity contribution >= 4 is 41.8 Å². The van der Waals surface area contributed by atoms with Gasteiger partial charge in [0.05, 0.1) is 62.0 Å². The Kier molecular flexibility index (Phi) is 21.6. The van der Waals surface area contributed by atoms with Crippen LogP contribution in [-0.2, 0) is 77.3 Å². The Morgan fingerprint density at radius 2 is 1.22 bits per heavy atom. The van der Waals surface area contributed by atoms with Gasteiger partial charge >= 0.3 is 6.03 Å². The van der Waals surface area contributed by atoms with Gasteiger partial charge in [-0.1, -0.05) is 0 Å². The van der Waals surface area contributed by atoms with Gasteiger partial charge in [-0.25, -0.2) is 34.8 Å². The summed E-state index contributed by atoms with van der Waals surface area (Å²) in [5.74, 6) is -1.43. The first kappa shape index (κ1) is 63.1. The number of nitrogens with zero attached hydrogens (tertiary/aromatic N) is 3. The van der Waals surface area contributed by atoms with Crippen LogP contribution in [0.3, 0.4) is 0 Å². The van der Waals surface area contributed by atoms with Gasteiger partial charge in [-0.05, 0) is 109 Å². The molecule has 26 heteroatoms. The van der Waals surface area contributed by atoms with Crippen molar-refractivity contribution < 1.29 is 82.6 Å². The van der Waals surface area contributed by atoms with Crippen molar-refractivity contribution in [2.75, 3.05) is 110 Å². The van der Waals surface area contributed by atoms with Crippen molar-refractivity contribution in [3.05, 3.63) is 0 Å². The number of urea groups is 1. The number of amides is 3. The lowest BCUT2D eigenvalue weighted by atomic mass is 9.70. The minimum absolute atomic E-state index is 0.0284. The number of likely N-dealkylation sites (tertiary alicyclic amines) is 2. The summed E-state index contributed by atoms with van der Waals surface area (Å²) in [7, 11) is -11.0. The number of carbonyl (C=O) groups is 2. The first-order chi connectivity index (χ1) is 37.4. The fourth-order valence-electron chi connectivity index (χ4n) is 14.3. The number of carbonyl (C=O) groups excluding carboxylic acids is 2. The summed E-state index contributed by atoms with van der Waals surface area (Å²) in [6.07, 6.45) is 7.65. The first-order valence-corrected chi connectivity index (χ1v) is 34.9. The van der Waals surface area contributed by atoms with Gasteiger partial charge in [-0.15, -0.1) is 0 Å². The van der Waals surface area contributed by atoms with E-state index in [0.29, 0.717) is 110 Å². The topological polar surface area (TPSA) is 274 Å². The fourth-order valence-corrected chi connectivity index (χ4v) is 16.5. The van der Waals surface area contributed by atoms with E-state index in [1.165, 1.54) is 10.6 Å². The van der Waals surface area contributed by atoms with Crippen LogP contribution in [0.5, 0.6) is 0 Å². The largest absolute Gasteiger partial charge is 0.388 e. The van der Waals surface area contributed by atoms with E-state index < -0.39 is 83.6 Å². The zero-order valence-corrected chi connectivity index (χ0v) is 50.0. The standard InChI is InChI=1S/C53H93N5O18S3/c1-37(2)55-50(60)57-19-8-46(35-52(57,40-12-23-69-24-13-40)75-44-7-18-56(38(3)59)47(33-44)39-10-21-68-22-11-39)76-53(41-14-25-70-26-15-41)34-45(9-20-58(53)79(6,66)67)74-49-32-43(17-28-72-49)51(61,36-54-78(5,64)65)42-16-27-71-48(31-42)73-29-30-77(4,62)63/h37,39-49,54,61H,7-36H2,1-6H3,(H,55,60). The van der Waals surface area contributed by atoms with Crippen molar-refractivity contribution in [3.8, 4) is 0 Å². The Balaban J connectivity index is 1.09. The average Bonchev–Trinajstić information content (AvgIpc) is 3.61. The van der Waals surface area contributed by atoms with Crippen molar-refractivity contribution in [2.24, 2.45) is 29.6 Å². The van der Waals surface area contributed by atoms with Gasteiger partial charge in [-0.2, -0.15) is 4.31 Å². The molecular formula is C53H93N5O18S3.